The minimum atomic E-state index is -1.92. The van der Waals surface area contributed by atoms with E-state index in [0.717, 1.165) is 12.2 Å². The van der Waals surface area contributed by atoms with Crippen LogP contribution >= 0.6 is 0 Å². The molecule has 0 unspecified atom stereocenters. The molecule has 4 rings (SSSR count). The summed E-state index contributed by atoms with van der Waals surface area (Å²) in [4.78, 5) is 25.7. The first-order chi connectivity index (χ1) is 23.4. The summed E-state index contributed by atoms with van der Waals surface area (Å²) in [6.45, 7) is -1.38. The fraction of sp³-hybridized carbons (Fsp3) is 0.438. The zero-order valence-corrected chi connectivity index (χ0v) is 26.2. The molecular weight excluding hydrogens is 656 g/mol. The molecule has 0 bridgehead atoms. The second kappa shape index (κ2) is 16.9. The van der Waals surface area contributed by atoms with Gasteiger partial charge in [-0.3, -0.25) is 0 Å². The van der Waals surface area contributed by atoms with E-state index in [0.29, 0.717) is 11.1 Å². The summed E-state index contributed by atoms with van der Waals surface area (Å²) in [5.74, 6) is -2.08. The van der Waals surface area contributed by atoms with Gasteiger partial charge in [0.25, 0.3) is 0 Å². The van der Waals surface area contributed by atoms with Crippen LogP contribution in [0, 0.1) is 0 Å². The van der Waals surface area contributed by atoms with Gasteiger partial charge in [-0.1, -0.05) is 12.1 Å². The Balaban J connectivity index is 1.51. The number of benzene rings is 2. The smallest absolute Gasteiger partial charge is 0.333 e. The van der Waals surface area contributed by atoms with Gasteiger partial charge in [-0.15, -0.1) is 0 Å². The molecule has 0 aliphatic carbocycles. The molecule has 2 aromatic carbocycles. The fourth-order valence-electron chi connectivity index (χ4n) is 4.91. The van der Waals surface area contributed by atoms with Gasteiger partial charge in [0, 0.05) is 12.2 Å². The molecule has 2 aliphatic rings. The van der Waals surface area contributed by atoms with Gasteiger partial charge in [-0.2, -0.15) is 0 Å². The second-order valence-electron chi connectivity index (χ2n) is 10.9. The van der Waals surface area contributed by atoms with Gasteiger partial charge in [0.2, 0.25) is 6.29 Å². The van der Waals surface area contributed by atoms with Crippen LogP contribution in [0.5, 0.6) is 23.0 Å². The maximum atomic E-state index is 12.9. The van der Waals surface area contributed by atoms with E-state index in [1.165, 1.54) is 62.8 Å². The molecule has 0 aromatic heterocycles. The summed E-state index contributed by atoms with van der Waals surface area (Å²) < 4.78 is 37.2. The van der Waals surface area contributed by atoms with Gasteiger partial charge in [-0.25, -0.2) is 9.59 Å². The van der Waals surface area contributed by atoms with Crippen LogP contribution in [0.1, 0.15) is 11.1 Å². The highest BCUT2D eigenvalue weighted by Gasteiger charge is 2.50. The number of hydrogen-bond acceptors (Lipinski definition) is 17. The van der Waals surface area contributed by atoms with E-state index in [4.69, 9.17) is 33.2 Å². The highest BCUT2D eigenvalue weighted by molar-refractivity contribution is 5.88. The van der Waals surface area contributed by atoms with Crippen LogP contribution in [-0.4, -0.2) is 142 Å². The van der Waals surface area contributed by atoms with Crippen molar-refractivity contribution in [2.24, 2.45) is 0 Å². The lowest BCUT2D eigenvalue weighted by molar-refractivity contribution is -0.327. The minimum Gasteiger partial charge on any atom is -0.504 e. The number of phenolic OH excluding ortho intramolecular Hbond substituents is 2. The Kier molecular flexibility index (Phi) is 12.9. The molecular formula is C32H38O17. The molecule has 0 saturated carbocycles. The number of carbonyl (C=O) groups excluding carboxylic acids is 2. The van der Waals surface area contributed by atoms with Crippen molar-refractivity contribution in [2.75, 3.05) is 27.4 Å². The van der Waals surface area contributed by atoms with Gasteiger partial charge in [0.05, 0.1) is 27.4 Å². The summed E-state index contributed by atoms with van der Waals surface area (Å²) in [6, 6.07) is 8.49. The van der Waals surface area contributed by atoms with Crippen LogP contribution in [-0.2, 0) is 33.3 Å². The molecule has 8 N–H and O–H groups in total. The van der Waals surface area contributed by atoms with Crippen molar-refractivity contribution in [3.05, 3.63) is 59.7 Å². The number of aliphatic hydroxyl groups is 6. The summed E-state index contributed by atoms with van der Waals surface area (Å²) >= 11 is 0. The Hall–Kier alpha value is -4.30. The predicted molar refractivity (Wildman–Crippen MR) is 164 cm³/mol. The Morgan fingerprint density at radius 2 is 1.20 bits per heavy atom. The fourth-order valence-corrected chi connectivity index (χ4v) is 4.91. The standard InChI is InChI=1S/C32H38O17/c1-43-19-11-15(3-7-17(19)34)5-9-23(36)48-30-28(41)26(39)22(14-45-31-29(42)27(40)25(38)21(13-33)46-31)47-32(30)49-24(37)10-6-16-4-8-18(35)20(12-16)44-2/h3-12,21-22,25-35,38-42H,13-14H2,1-2H3/b9-5+,10-6-/t21-,22-,25-,26-,27+,28+,29-,30-,31-,32-/m1/s1. The number of aliphatic hydroxyl groups excluding tert-OH is 6. The Labute approximate surface area is 279 Å². The highest BCUT2D eigenvalue weighted by Crippen LogP contribution is 2.30. The number of hydrogen-bond donors (Lipinski definition) is 8. The van der Waals surface area contributed by atoms with Crippen molar-refractivity contribution in [1.82, 2.24) is 0 Å². The van der Waals surface area contributed by atoms with E-state index in [2.05, 4.69) is 0 Å². The largest absolute Gasteiger partial charge is 0.504 e. The number of aromatic hydroxyl groups is 2. The van der Waals surface area contributed by atoms with Crippen LogP contribution < -0.4 is 9.47 Å². The zero-order valence-electron chi connectivity index (χ0n) is 26.2. The van der Waals surface area contributed by atoms with E-state index >= 15 is 0 Å². The van der Waals surface area contributed by atoms with Crippen molar-refractivity contribution >= 4 is 24.1 Å². The number of carbonyl (C=O) groups is 2. The predicted octanol–water partition coefficient (Wildman–Crippen LogP) is -1.44. The molecule has 0 amide bonds. The van der Waals surface area contributed by atoms with Crippen LogP contribution in [0.4, 0.5) is 0 Å². The molecule has 2 heterocycles. The lowest BCUT2D eigenvalue weighted by atomic mass is 9.98. The molecule has 2 saturated heterocycles. The summed E-state index contributed by atoms with van der Waals surface area (Å²) in [6.07, 6.45) is -12.4. The number of ether oxygens (including phenoxy) is 7. The second-order valence-corrected chi connectivity index (χ2v) is 10.9. The third kappa shape index (κ3) is 9.24. The number of esters is 2. The number of methoxy groups -OCH3 is 2. The van der Waals surface area contributed by atoms with E-state index < -0.39 is 86.6 Å². The van der Waals surface area contributed by atoms with Crippen LogP contribution in [0.15, 0.2) is 48.6 Å². The summed E-state index contributed by atoms with van der Waals surface area (Å²) in [5, 5.41) is 81.2. The first-order valence-corrected chi connectivity index (χ1v) is 14.8. The Morgan fingerprint density at radius 3 is 1.73 bits per heavy atom. The average molecular weight is 695 g/mol. The molecule has 17 heteroatoms. The number of phenols is 2. The quantitative estimate of drug-likeness (QED) is 0.0934. The maximum absolute atomic E-state index is 12.9. The molecule has 2 fully saturated rings. The number of rotatable bonds is 12. The summed E-state index contributed by atoms with van der Waals surface area (Å²) in [5.41, 5.74) is 0.855. The van der Waals surface area contributed by atoms with Crippen molar-refractivity contribution < 1.29 is 83.6 Å². The Bertz CT molecular complexity index is 1490. The summed E-state index contributed by atoms with van der Waals surface area (Å²) in [7, 11) is 2.68. The molecule has 2 aliphatic heterocycles. The first-order valence-electron chi connectivity index (χ1n) is 14.8. The first kappa shape index (κ1) is 37.5. The molecule has 17 nitrogen and oxygen atoms in total. The molecule has 268 valence electrons. The molecule has 49 heavy (non-hydrogen) atoms. The third-order valence-electron chi connectivity index (χ3n) is 7.63. The van der Waals surface area contributed by atoms with Gasteiger partial charge >= 0.3 is 11.9 Å². The van der Waals surface area contributed by atoms with Crippen molar-refractivity contribution in [3.8, 4) is 23.0 Å². The SMILES string of the molecule is COc1cc(/C=C\C(=O)O[C@H]2O[C@H](CO[C@@H]3O[C@H](CO)[C@@H](O)[C@H](O)[C@H]3O)[C@@H](O)[C@H](O)[C@H]2OC(=O)/C=C/c2ccc(O)c(OC)c2)ccc1O. The molecule has 0 spiro atoms. The van der Waals surface area contributed by atoms with Gasteiger partial charge in [0.15, 0.2) is 35.4 Å². The van der Waals surface area contributed by atoms with Crippen LogP contribution in [0.25, 0.3) is 12.2 Å². The Morgan fingerprint density at radius 1 is 0.694 bits per heavy atom. The minimum absolute atomic E-state index is 0.132. The van der Waals surface area contributed by atoms with Crippen molar-refractivity contribution in [1.29, 1.82) is 0 Å². The lowest BCUT2D eigenvalue weighted by Gasteiger charge is -2.43. The van der Waals surface area contributed by atoms with E-state index in [-0.39, 0.29) is 23.0 Å². The normalized spacial score (nSPS) is 30.3. The molecule has 0 radical (unpaired) electrons. The van der Waals surface area contributed by atoms with Gasteiger partial charge in [-0.05, 0) is 47.5 Å². The third-order valence-corrected chi connectivity index (χ3v) is 7.63. The molecule has 2 aromatic rings. The van der Waals surface area contributed by atoms with Crippen molar-refractivity contribution in [2.45, 2.75) is 61.4 Å². The lowest BCUT2D eigenvalue weighted by Crippen LogP contribution is -2.62. The van der Waals surface area contributed by atoms with Crippen LogP contribution in [0.3, 0.4) is 0 Å². The highest BCUT2D eigenvalue weighted by atomic mass is 16.7. The monoisotopic (exact) mass is 694 g/mol. The van der Waals surface area contributed by atoms with E-state index in [1.54, 1.807) is 0 Å². The van der Waals surface area contributed by atoms with Crippen LogP contribution in [0.2, 0.25) is 0 Å². The zero-order chi connectivity index (χ0) is 35.8. The molecule has 10 atom stereocenters. The van der Waals surface area contributed by atoms with Crippen molar-refractivity contribution in [3.63, 3.8) is 0 Å². The average Bonchev–Trinajstić information content (AvgIpc) is 3.09. The van der Waals surface area contributed by atoms with E-state index in [1.807, 2.05) is 0 Å². The topological polar surface area (TPSA) is 261 Å². The van der Waals surface area contributed by atoms with Gasteiger partial charge in [0.1, 0.15) is 42.7 Å². The maximum Gasteiger partial charge on any atom is 0.333 e. The van der Waals surface area contributed by atoms with E-state index in [9.17, 15) is 50.4 Å². The van der Waals surface area contributed by atoms with Gasteiger partial charge < -0.3 is 74.0 Å².